The van der Waals surface area contributed by atoms with Gasteiger partial charge in [-0.15, -0.1) is 0 Å². The average molecular weight is 500 g/mol. The maximum atomic E-state index is 13.8. The van der Waals surface area contributed by atoms with Crippen LogP contribution in [0.4, 0.5) is 4.39 Å². The summed E-state index contributed by atoms with van der Waals surface area (Å²) in [4.78, 5) is 15.8. The molecule has 1 aromatic rings. The number of fused-ring (bicyclic) bond motifs is 5. The molecular formula is C31H46FNO3. The highest BCUT2D eigenvalue weighted by atomic mass is 19.1. The molecule has 0 radical (unpaired) electrons. The van der Waals surface area contributed by atoms with Crippen LogP contribution in [0.1, 0.15) is 90.2 Å². The van der Waals surface area contributed by atoms with Gasteiger partial charge in [-0.1, -0.05) is 19.1 Å². The van der Waals surface area contributed by atoms with Crippen LogP contribution in [0.15, 0.2) is 24.3 Å². The van der Waals surface area contributed by atoms with Gasteiger partial charge >= 0.3 is 0 Å². The van der Waals surface area contributed by atoms with Crippen LogP contribution < -0.4 is 0 Å². The van der Waals surface area contributed by atoms with Gasteiger partial charge in [0.05, 0.1) is 18.2 Å². The van der Waals surface area contributed by atoms with Crippen LogP contribution in [-0.4, -0.2) is 41.8 Å². The van der Waals surface area contributed by atoms with E-state index in [2.05, 4.69) is 6.92 Å². The number of carbonyl (C=O) groups is 1. The molecule has 1 amide bonds. The predicted molar refractivity (Wildman–Crippen MR) is 140 cm³/mol. The standard InChI is InChI=1S/C31H46FNO3/c1-5-36-19-31(35)17-15-24-22(18-31)8-11-26-25(24)14-16-30(3)27(26)12-13-28(30)29(34)33(4)20(2)21-6-9-23(32)10-7-21/h6-7,9-10,20,22,24-28,35H,5,8,11-19H2,1-4H3/t20-,22+,24-,25+,26+,27-,28+,30-,31+/m0/s1. The minimum Gasteiger partial charge on any atom is -0.387 e. The Hall–Kier alpha value is -1.46. The highest BCUT2D eigenvalue weighted by molar-refractivity contribution is 5.80. The zero-order valence-corrected chi connectivity index (χ0v) is 22.7. The van der Waals surface area contributed by atoms with Crippen molar-refractivity contribution in [2.75, 3.05) is 20.3 Å². The molecule has 0 bridgehead atoms. The van der Waals surface area contributed by atoms with E-state index < -0.39 is 5.60 Å². The Bertz CT molecular complexity index is 936. The maximum absolute atomic E-state index is 13.8. The van der Waals surface area contributed by atoms with Gasteiger partial charge in [0.25, 0.3) is 0 Å². The Morgan fingerprint density at radius 2 is 1.81 bits per heavy atom. The third kappa shape index (κ3) is 4.53. The second-order valence-electron chi connectivity index (χ2n) is 12.9. The van der Waals surface area contributed by atoms with Crippen molar-refractivity contribution in [2.24, 2.45) is 40.9 Å². The lowest BCUT2D eigenvalue weighted by Gasteiger charge is -2.57. The molecule has 5 rings (SSSR count). The molecule has 200 valence electrons. The van der Waals surface area contributed by atoms with Gasteiger partial charge in [-0.2, -0.15) is 0 Å². The molecule has 1 N–H and O–H groups in total. The quantitative estimate of drug-likeness (QED) is 0.494. The first kappa shape index (κ1) is 26.2. The Kier molecular flexibility index (Phi) is 7.28. The van der Waals surface area contributed by atoms with E-state index in [-0.39, 0.29) is 29.1 Å². The zero-order valence-electron chi connectivity index (χ0n) is 22.7. The number of hydrogen-bond acceptors (Lipinski definition) is 3. The Morgan fingerprint density at radius 3 is 2.53 bits per heavy atom. The number of halogens is 1. The molecule has 36 heavy (non-hydrogen) atoms. The summed E-state index contributed by atoms with van der Waals surface area (Å²) in [5.41, 5.74) is 0.423. The van der Waals surface area contributed by atoms with Crippen LogP contribution in [0.25, 0.3) is 0 Å². The van der Waals surface area contributed by atoms with Gasteiger partial charge < -0.3 is 14.7 Å². The molecule has 5 heteroatoms. The number of amides is 1. The highest BCUT2D eigenvalue weighted by Crippen LogP contribution is 2.65. The molecule has 4 fully saturated rings. The topological polar surface area (TPSA) is 49.8 Å². The number of nitrogens with zero attached hydrogens (tertiary/aromatic N) is 1. The van der Waals surface area contributed by atoms with Gasteiger partial charge in [-0.05, 0) is 124 Å². The Balaban J connectivity index is 1.27. The summed E-state index contributed by atoms with van der Waals surface area (Å²) < 4.78 is 19.1. The van der Waals surface area contributed by atoms with Crippen molar-refractivity contribution in [1.29, 1.82) is 0 Å². The molecule has 4 aliphatic carbocycles. The van der Waals surface area contributed by atoms with Crippen molar-refractivity contribution >= 4 is 5.91 Å². The maximum Gasteiger partial charge on any atom is 0.226 e. The van der Waals surface area contributed by atoms with E-state index in [0.717, 1.165) is 55.4 Å². The molecule has 4 saturated carbocycles. The predicted octanol–water partition coefficient (Wildman–Crippen LogP) is 6.38. The SMILES string of the molecule is CCOC[C@@]1(O)CC[C@H]2[C@H](CC[C@@H]3[C@@H]2CC[C@]2(C)[C@@H](C(=O)N(C)[C@@H](C)c4ccc(F)cc4)CC[C@@H]32)C1. The molecule has 9 atom stereocenters. The van der Waals surface area contributed by atoms with Crippen molar-refractivity contribution < 1.29 is 19.0 Å². The lowest BCUT2D eigenvalue weighted by Crippen LogP contribution is -2.53. The van der Waals surface area contributed by atoms with Gasteiger partial charge in [-0.3, -0.25) is 4.79 Å². The molecule has 4 nitrogen and oxygen atoms in total. The lowest BCUT2D eigenvalue weighted by atomic mass is 9.49. The third-order valence-electron chi connectivity index (χ3n) is 11.3. The van der Waals surface area contributed by atoms with E-state index >= 15 is 0 Å². The fourth-order valence-electron chi connectivity index (χ4n) is 9.19. The molecule has 0 unspecified atom stereocenters. The second-order valence-corrected chi connectivity index (χ2v) is 12.9. The third-order valence-corrected chi connectivity index (χ3v) is 11.3. The van der Waals surface area contributed by atoms with E-state index in [9.17, 15) is 14.3 Å². The van der Waals surface area contributed by atoms with E-state index in [1.165, 1.54) is 37.8 Å². The summed E-state index contributed by atoms with van der Waals surface area (Å²) in [7, 11) is 1.93. The number of carbonyl (C=O) groups excluding carboxylic acids is 1. The zero-order chi connectivity index (χ0) is 25.7. The largest absolute Gasteiger partial charge is 0.387 e. The molecule has 0 aromatic heterocycles. The van der Waals surface area contributed by atoms with Crippen molar-refractivity contribution in [3.8, 4) is 0 Å². The van der Waals surface area contributed by atoms with Crippen LogP contribution in [0.2, 0.25) is 0 Å². The molecular weight excluding hydrogens is 453 g/mol. The highest BCUT2D eigenvalue weighted by Gasteiger charge is 2.59. The Labute approximate surface area is 217 Å². The summed E-state index contributed by atoms with van der Waals surface area (Å²) >= 11 is 0. The van der Waals surface area contributed by atoms with Crippen LogP contribution in [0.3, 0.4) is 0 Å². The number of rotatable bonds is 6. The molecule has 0 spiro atoms. The summed E-state index contributed by atoms with van der Waals surface area (Å²) in [6.07, 6.45) is 9.88. The molecule has 4 aliphatic rings. The number of benzene rings is 1. The molecule has 0 saturated heterocycles. The molecule has 1 aromatic carbocycles. The van der Waals surface area contributed by atoms with Gasteiger partial charge in [0.15, 0.2) is 0 Å². The van der Waals surface area contributed by atoms with Crippen LogP contribution >= 0.6 is 0 Å². The number of hydrogen-bond donors (Lipinski definition) is 1. The first-order valence-electron chi connectivity index (χ1n) is 14.5. The van der Waals surface area contributed by atoms with Crippen LogP contribution in [0.5, 0.6) is 0 Å². The first-order valence-corrected chi connectivity index (χ1v) is 14.5. The minimum atomic E-state index is -0.635. The molecule has 0 heterocycles. The summed E-state index contributed by atoms with van der Waals surface area (Å²) in [5.74, 6) is 3.56. The fourth-order valence-corrected chi connectivity index (χ4v) is 9.19. The average Bonchev–Trinajstić information content (AvgIpc) is 3.23. The minimum absolute atomic E-state index is 0.0646. The normalized spacial score (nSPS) is 40.6. The Morgan fingerprint density at radius 1 is 1.08 bits per heavy atom. The summed E-state index contributed by atoms with van der Waals surface area (Å²) in [6.45, 7) is 7.61. The monoisotopic (exact) mass is 499 g/mol. The van der Waals surface area contributed by atoms with Gasteiger partial charge in [-0.25, -0.2) is 4.39 Å². The second kappa shape index (κ2) is 10.0. The lowest BCUT2D eigenvalue weighted by molar-refractivity contribution is -0.147. The molecule has 0 aliphatic heterocycles. The van der Waals surface area contributed by atoms with Crippen molar-refractivity contribution in [1.82, 2.24) is 4.90 Å². The van der Waals surface area contributed by atoms with Gasteiger partial charge in [0.2, 0.25) is 5.91 Å². The number of ether oxygens (including phenoxy) is 1. The first-order chi connectivity index (χ1) is 17.2. The van der Waals surface area contributed by atoms with E-state index in [1.807, 2.05) is 25.8 Å². The summed E-state index contributed by atoms with van der Waals surface area (Å²) in [5, 5.41) is 11.1. The van der Waals surface area contributed by atoms with E-state index in [0.29, 0.717) is 25.0 Å². The van der Waals surface area contributed by atoms with Crippen molar-refractivity contribution in [3.05, 3.63) is 35.6 Å². The van der Waals surface area contributed by atoms with Crippen molar-refractivity contribution in [2.45, 2.75) is 90.2 Å². The summed E-state index contributed by atoms with van der Waals surface area (Å²) in [6, 6.07) is 6.50. The van der Waals surface area contributed by atoms with Crippen LogP contribution in [0, 0.1) is 46.7 Å². The van der Waals surface area contributed by atoms with E-state index in [1.54, 1.807) is 12.1 Å². The fraction of sp³-hybridized carbons (Fsp3) is 0.774. The smallest absolute Gasteiger partial charge is 0.226 e. The van der Waals surface area contributed by atoms with Gasteiger partial charge in [0, 0.05) is 19.6 Å². The van der Waals surface area contributed by atoms with Gasteiger partial charge in [0.1, 0.15) is 5.82 Å². The van der Waals surface area contributed by atoms with E-state index in [4.69, 9.17) is 4.74 Å². The van der Waals surface area contributed by atoms with Crippen molar-refractivity contribution in [3.63, 3.8) is 0 Å². The van der Waals surface area contributed by atoms with Crippen LogP contribution in [-0.2, 0) is 9.53 Å². The number of aliphatic hydroxyl groups is 1.